The lowest BCUT2D eigenvalue weighted by molar-refractivity contribution is -0.137. The number of allylic oxidation sites excluding steroid dienone is 2. The van der Waals surface area contributed by atoms with Crippen LogP contribution in [0.1, 0.15) is 18.4 Å². The number of nitrogens with zero attached hydrogens (tertiary/aromatic N) is 1. The normalized spacial score (nSPS) is 16.2. The van der Waals surface area contributed by atoms with Gasteiger partial charge in [0.25, 0.3) is 0 Å². The van der Waals surface area contributed by atoms with Crippen molar-refractivity contribution in [3.8, 4) is 0 Å². The predicted octanol–water partition coefficient (Wildman–Crippen LogP) is 3.44. The highest BCUT2D eigenvalue weighted by Crippen LogP contribution is 2.34. The van der Waals surface area contributed by atoms with E-state index in [-0.39, 0.29) is 5.78 Å². The van der Waals surface area contributed by atoms with Gasteiger partial charge in [-0.15, -0.1) is 0 Å². The zero-order chi connectivity index (χ0) is 12.5. The number of thioether (sulfide) groups is 1. The molecule has 17 heavy (non-hydrogen) atoms. The van der Waals surface area contributed by atoms with Crippen LogP contribution in [0.5, 0.6) is 0 Å². The second-order valence-electron chi connectivity index (χ2n) is 3.56. The Hall–Kier alpha value is -1.30. The first kappa shape index (κ1) is 12.2. The summed E-state index contributed by atoms with van der Waals surface area (Å²) in [4.78, 5) is 15.5. The van der Waals surface area contributed by atoms with Gasteiger partial charge in [-0.05, 0) is 29.5 Å². The quantitative estimate of drug-likeness (QED) is 0.815. The van der Waals surface area contributed by atoms with Gasteiger partial charge in [0.1, 0.15) is 5.03 Å². The first-order valence-electron chi connectivity index (χ1n) is 4.89. The molecule has 0 fully saturated rings. The van der Waals surface area contributed by atoms with Crippen LogP contribution in [0.25, 0.3) is 0 Å². The van der Waals surface area contributed by atoms with Crippen molar-refractivity contribution < 1.29 is 18.0 Å². The van der Waals surface area contributed by atoms with Crippen molar-refractivity contribution in [3.05, 3.63) is 34.9 Å². The summed E-state index contributed by atoms with van der Waals surface area (Å²) >= 11 is 1.24. The third kappa shape index (κ3) is 3.09. The van der Waals surface area contributed by atoms with Crippen molar-refractivity contribution in [2.45, 2.75) is 24.0 Å². The predicted molar refractivity (Wildman–Crippen MR) is 57.4 cm³/mol. The van der Waals surface area contributed by atoms with E-state index in [2.05, 4.69) is 4.98 Å². The zero-order valence-electron chi connectivity index (χ0n) is 8.62. The molecule has 2 nitrogen and oxygen atoms in total. The fourth-order valence-electron chi connectivity index (χ4n) is 1.39. The summed E-state index contributed by atoms with van der Waals surface area (Å²) in [6, 6.07) is 2.31. The minimum atomic E-state index is -4.36. The molecule has 0 saturated heterocycles. The monoisotopic (exact) mass is 259 g/mol. The topological polar surface area (TPSA) is 30.0 Å². The van der Waals surface area contributed by atoms with Crippen molar-refractivity contribution in [2.24, 2.45) is 0 Å². The van der Waals surface area contributed by atoms with Crippen molar-refractivity contribution >= 4 is 17.5 Å². The zero-order valence-corrected chi connectivity index (χ0v) is 9.44. The Morgan fingerprint density at radius 2 is 2.00 bits per heavy atom. The van der Waals surface area contributed by atoms with Crippen molar-refractivity contribution in [3.63, 3.8) is 0 Å². The van der Waals surface area contributed by atoms with E-state index in [1.54, 1.807) is 0 Å². The molecule has 0 N–H and O–H groups in total. The highest BCUT2D eigenvalue weighted by molar-refractivity contribution is 8.03. The summed E-state index contributed by atoms with van der Waals surface area (Å²) < 4.78 is 36.8. The molecule has 1 aromatic heterocycles. The standard InChI is InChI=1S/C11H8F3NOS/c12-11(13,14)7-1-4-10(15-6-7)17-9-3-2-8(16)5-9/h1,4-6H,2-3H2. The maximum atomic E-state index is 12.3. The molecule has 0 aromatic carbocycles. The van der Waals surface area contributed by atoms with Crippen LogP contribution in [0, 0.1) is 0 Å². The molecule has 1 aliphatic rings. The molecule has 0 atom stereocenters. The Morgan fingerprint density at radius 1 is 1.24 bits per heavy atom. The molecule has 0 unspecified atom stereocenters. The van der Waals surface area contributed by atoms with Gasteiger partial charge < -0.3 is 0 Å². The van der Waals surface area contributed by atoms with Gasteiger partial charge in [-0.25, -0.2) is 4.98 Å². The van der Waals surface area contributed by atoms with Crippen LogP contribution < -0.4 is 0 Å². The van der Waals surface area contributed by atoms with Crippen molar-refractivity contribution in [1.82, 2.24) is 4.98 Å². The van der Waals surface area contributed by atoms with Gasteiger partial charge in [0.2, 0.25) is 0 Å². The van der Waals surface area contributed by atoms with Crippen LogP contribution in [-0.2, 0) is 11.0 Å². The number of hydrogen-bond acceptors (Lipinski definition) is 3. The Kier molecular flexibility index (Phi) is 3.24. The molecule has 1 aliphatic carbocycles. The molecule has 0 aliphatic heterocycles. The van der Waals surface area contributed by atoms with E-state index in [1.807, 2.05) is 0 Å². The molecule has 2 rings (SSSR count). The molecule has 0 saturated carbocycles. The number of carbonyl (C=O) groups is 1. The third-order valence-corrected chi connectivity index (χ3v) is 3.27. The highest BCUT2D eigenvalue weighted by atomic mass is 32.2. The average Bonchev–Trinajstić information content (AvgIpc) is 2.63. The summed E-state index contributed by atoms with van der Waals surface area (Å²) in [5.41, 5.74) is -0.765. The second-order valence-corrected chi connectivity index (χ2v) is 4.71. The SMILES string of the molecule is O=C1C=C(Sc2ccc(C(F)(F)F)cn2)CC1. The second kappa shape index (κ2) is 4.52. The van der Waals surface area contributed by atoms with Crippen LogP contribution in [0.4, 0.5) is 13.2 Å². The van der Waals surface area contributed by atoms with E-state index in [0.717, 1.165) is 17.2 Å². The van der Waals surface area contributed by atoms with Gasteiger partial charge in [-0.2, -0.15) is 13.2 Å². The van der Waals surface area contributed by atoms with Crippen LogP contribution in [-0.4, -0.2) is 10.8 Å². The molecule has 6 heteroatoms. The first-order valence-corrected chi connectivity index (χ1v) is 5.71. The number of aromatic nitrogens is 1. The van der Waals surface area contributed by atoms with Gasteiger partial charge in [0, 0.05) is 12.6 Å². The van der Waals surface area contributed by atoms with E-state index >= 15 is 0 Å². The lowest BCUT2D eigenvalue weighted by atomic mass is 10.3. The molecule has 0 radical (unpaired) electrons. The number of ketones is 1. The number of alkyl halides is 3. The van der Waals surface area contributed by atoms with Gasteiger partial charge in [0.05, 0.1) is 5.56 Å². The van der Waals surface area contributed by atoms with Crippen LogP contribution in [0.2, 0.25) is 0 Å². The molecule has 1 aromatic rings. The van der Waals surface area contributed by atoms with E-state index in [4.69, 9.17) is 0 Å². The molecule has 0 amide bonds. The largest absolute Gasteiger partial charge is 0.417 e. The van der Waals surface area contributed by atoms with Crippen LogP contribution in [0.3, 0.4) is 0 Å². The maximum Gasteiger partial charge on any atom is 0.417 e. The minimum Gasteiger partial charge on any atom is -0.295 e. The van der Waals surface area contributed by atoms with E-state index in [1.165, 1.54) is 23.9 Å². The Balaban J connectivity index is 2.09. The van der Waals surface area contributed by atoms with Gasteiger partial charge in [-0.1, -0.05) is 11.8 Å². The maximum absolute atomic E-state index is 12.3. The summed E-state index contributed by atoms with van der Waals surface area (Å²) in [6.07, 6.45) is -0.919. The van der Waals surface area contributed by atoms with Crippen LogP contribution >= 0.6 is 11.8 Å². The lowest BCUT2D eigenvalue weighted by Crippen LogP contribution is -2.04. The molecular weight excluding hydrogens is 251 g/mol. The molecular formula is C11H8F3NOS. The van der Waals surface area contributed by atoms with Gasteiger partial charge >= 0.3 is 6.18 Å². The van der Waals surface area contributed by atoms with Crippen LogP contribution in [0.15, 0.2) is 34.3 Å². The fraction of sp³-hybridized carbons (Fsp3) is 0.273. The molecule has 0 spiro atoms. The smallest absolute Gasteiger partial charge is 0.295 e. The number of carbonyl (C=O) groups excluding carboxylic acids is 1. The number of hydrogen-bond donors (Lipinski definition) is 0. The van der Waals surface area contributed by atoms with E-state index in [0.29, 0.717) is 17.9 Å². The van der Waals surface area contributed by atoms with E-state index < -0.39 is 11.7 Å². The number of rotatable bonds is 2. The number of halogens is 3. The summed E-state index contributed by atoms with van der Waals surface area (Å²) in [5, 5.41) is 0.471. The Bertz CT molecular complexity index is 465. The fourth-order valence-corrected chi connectivity index (χ4v) is 2.30. The highest BCUT2D eigenvalue weighted by Gasteiger charge is 2.30. The summed E-state index contributed by atoms with van der Waals surface area (Å²) in [7, 11) is 0. The summed E-state index contributed by atoms with van der Waals surface area (Å²) in [6.45, 7) is 0. The minimum absolute atomic E-state index is 0.0550. The first-order chi connectivity index (χ1) is 7.95. The Morgan fingerprint density at radius 3 is 2.47 bits per heavy atom. The summed E-state index contributed by atoms with van der Waals surface area (Å²) in [5.74, 6) is 0.0550. The van der Waals surface area contributed by atoms with Gasteiger partial charge in [-0.3, -0.25) is 4.79 Å². The van der Waals surface area contributed by atoms with Gasteiger partial charge in [0.15, 0.2) is 5.78 Å². The number of pyridine rings is 1. The molecule has 90 valence electrons. The molecule has 1 heterocycles. The van der Waals surface area contributed by atoms with Crippen molar-refractivity contribution in [2.75, 3.05) is 0 Å². The van der Waals surface area contributed by atoms with Crippen molar-refractivity contribution in [1.29, 1.82) is 0 Å². The average molecular weight is 259 g/mol. The van der Waals surface area contributed by atoms with E-state index in [9.17, 15) is 18.0 Å². The Labute approximate surface area is 99.9 Å². The lowest BCUT2D eigenvalue weighted by Gasteiger charge is -2.06. The third-order valence-electron chi connectivity index (χ3n) is 2.24. The molecule has 0 bridgehead atoms.